The quantitative estimate of drug-likeness (QED) is 0.792. The lowest BCUT2D eigenvalue weighted by Crippen LogP contribution is -2.61. The number of benzene rings is 2. The van der Waals surface area contributed by atoms with Crippen LogP contribution in [0, 0.1) is 11.8 Å². The highest BCUT2D eigenvalue weighted by atomic mass is 35.5. The predicted molar refractivity (Wildman–Crippen MR) is 121 cm³/mol. The highest BCUT2D eigenvalue weighted by Gasteiger charge is 2.42. The summed E-state index contributed by atoms with van der Waals surface area (Å²) >= 11 is 6.30. The van der Waals surface area contributed by atoms with Crippen LogP contribution >= 0.6 is 11.6 Å². The molecule has 6 heteroatoms. The maximum absolute atomic E-state index is 13.2. The van der Waals surface area contributed by atoms with Crippen LogP contribution in [-0.2, 0) is 11.2 Å². The molecule has 0 aromatic heterocycles. The van der Waals surface area contributed by atoms with Crippen LogP contribution in [-0.4, -0.2) is 45.2 Å². The molecule has 2 fully saturated rings. The zero-order valence-corrected chi connectivity index (χ0v) is 18.1. The van der Waals surface area contributed by atoms with Gasteiger partial charge in [-0.2, -0.15) is 0 Å². The molecular formula is C24H28ClN3O2. The van der Waals surface area contributed by atoms with E-state index in [0.717, 1.165) is 44.0 Å². The molecule has 1 N–H and O–H groups in total. The van der Waals surface area contributed by atoms with Gasteiger partial charge in [-0.3, -0.25) is 4.79 Å². The number of nitrogens with one attached hydrogen (secondary N) is 1. The number of hydrogen-bond donors (Lipinski definition) is 1. The number of rotatable bonds is 5. The molecule has 2 aromatic carbocycles. The van der Waals surface area contributed by atoms with Crippen molar-refractivity contribution < 1.29 is 9.53 Å². The molecule has 0 bridgehead atoms. The number of halogens is 1. The number of carbonyl (C=O) groups is 1. The Balaban J connectivity index is 1.44. The Bertz CT molecular complexity index is 946. The average Bonchev–Trinajstić information content (AvgIpc) is 3.61. The van der Waals surface area contributed by atoms with Crippen LogP contribution in [0.15, 0.2) is 42.5 Å². The number of amides is 1. The van der Waals surface area contributed by atoms with Gasteiger partial charge in [-0.25, -0.2) is 0 Å². The van der Waals surface area contributed by atoms with Gasteiger partial charge < -0.3 is 19.9 Å². The summed E-state index contributed by atoms with van der Waals surface area (Å²) in [5, 5.41) is 3.93. The van der Waals surface area contributed by atoms with Crippen LogP contribution in [0.25, 0.3) is 0 Å². The molecule has 1 aliphatic carbocycles. The fourth-order valence-electron chi connectivity index (χ4n) is 4.88. The van der Waals surface area contributed by atoms with Crippen LogP contribution in [0.1, 0.15) is 18.4 Å². The molecule has 5 nitrogen and oxygen atoms in total. The van der Waals surface area contributed by atoms with Gasteiger partial charge in [0.05, 0.1) is 24.8 Å². The summed E-state index contributed by atoms with van der Waals surface area (Å²) in [7, 11) is 1.69. The summed E-state index contributed by atoms with van der Waals surface area (Å²) in [6.45, 7) is 3.31. The maximum Gasteiger partial charge on any atom is 0.225 e. The van der Waals surface area contributed by atoms with Gasteiger partial charge in [0.2, 0.25) is 5.91 Å². The molecule has 1 amide bonds. The van der Waals surface area contributed by atoms with Crippen LogP contribution in [0.2, 0.25) is 5.02 Å². The van der Waals surface area contributed by atoms with Crippen molar-refractivity contribution in [3.8, 4) is 5.75 Å². The van der Waals surface area contributed by atoms with Crippen molar-refractivity contribution in [1.29, 1.82) is 0 Å². The molecule has 1 saturated carbocycles. The Morgan fingerprint density at radius 2 is 2.00 bits per heavy atom. The summed E-state index contributed by atoms with van der Waals surface area (Å²) in [6.07, 6.45) is 3.27. The third-order valence-electron chi connectivity index (χ3n) is 6.70. The second-order valence-corrected chi connectivity index (χ2v) is 9.09. The number of para-hydroxylation sites is 1. The Labute approximate surface area is 182 Å². The standard InChI is InChI=1S/C24H28ClN3O2/c1-30-23-9-8-18(25)13-21(23)27-10-11-28-20-5-3-2-4-17(20)12-19(22(28)15-27)24(29)26-14-16-6-7-16/h2-5,8-9,13,16,19,22H,6-7,10-12,14-15H2,1H3,(H,26,29). The molecule has 0 spiro atoms. The third-order valence-corrected chi connectivity index (χ3v) is 6.94. The van der Waals surface area contributed by atoms with Crippen molar-refractivity contribution in [1.82, 2.24) is 5.32 Å². The van der Waals surface area contributed by atoms with Crippen molar-refractivity contribution >= 4 is 28.9 Å². The minimum Gasteiger partial charge on any atom is -0.495 e. The van der Waals surface area contributed by atoms with E-state index in [9.17, 15) is 4.79 Å². The van der Waals surface area contributed by atoms with Gasteiger partial charge in [0.1, 0.15) is 5.75 Å². The van der Waals surface area contributed by atoms with Crippen molar-refractivity contribution in [2.75, 3.05) is 43.1 Å². The Hall–Kier alpha value is -2.40. The number of fused-ring (bicyclic) bond motifs is 3. The molecule has 2 heterocycles. The molecule has 2 atom stereocenters. The Kier molecular flexibility index (Phi) is 5.23. The minimum absolute atomic E-state index is 0.0633. The third kappa shape index (κ3) is 3.71. The van der Waals surface area contributed by atoms with Crippen molar-refractivity contribution in [2.45, 2.75) is 25.3 Å². The van der Waals surface area contributed by atoms with E-state index in [1.54, 1.807) is 7.11 Å². The van der Waals surface area contributed by atoms with Gasteiger partial charge in [-0.15, -0.1) is 0 Å². The van der Waals surface area contributed by atoms with Crippen LogP contribution in [0.3, 0.4) is 0 Å². The maximum atomic E-state index is 13.2. The average molecular weight is 426 g/mol. The molecule has 2 aliphatic heterocycles. The number of methoxy groups -OCH3 is 1. The van der Waals surface area contributed by atoms with Gasteiger partial charge in [0.15, 0.2) is 0 Å². The first-order chi connectivity index (χ1) is 14.6. The van der Waals surface area contributed by atoms with E-state index in [4.69, 9.17) is 16.3 Å². The number of piperazine rings is 1. The lowest BCUT2D eigenvalue weighted by atomic mass is 9.83. The molecule has 1 saturated heterocycles. The lowest BCUT2D eigenvalue weighted by Gasteiger charge is -2.49. The van der Waals surface area contributed by atoms with E-state index < -0.39 is 0 Å². The van der Waals surface area contributed by atoms with Gasteiger partial charge in [-0.05, 0) is 55.0 Å². The normalized spacial score (nSPS) is 22.9. The number of ether oxygens (including phenoxy) is 1. The highest BCUT2D eigenvalue weighted by molar-refractivity contribution is 6.30. The van der Waals surface area contributed by atoms with Crippen molar-refractivity contribution in [2.24, 2.45) is 11.8 Å². The highest BCUT2D eigenvalue weighted by Crippen LogP contribution is 2.39. The van der Waals surface area contributed by atoms with E-state index in [2.05, 4.69) is 39.4 Å². The Morgan fingerprint density at radius 3 is 2.80 bits per heavy atom. The lowest BCUT2D eigenvalue weighted by molar-refractivity contribution is -0.125. The SMILES string of the molecule is COc1ccc(Cl)cc1N1CCN2c3ccccc3CC(C(=O)NCC3CC3)C2C1. The molecule has 158 valence electrons. The number of nitrogens with zero attached hydrogens (tertiary/aromatic N) is 2. The molecule has 0 radical (unpaired) electrons. The number of carbonyl (C=O) groups excluding carboxylic acids is 1. The Morgan fingerprint density at radius 1 is 1.17 bits per heavy atom. The van der Waals surface area contributed by atoms with Gasteiger partial charge in [0.25, 0.3) is 0 Å². The minimum atomic E-state index is -0.0633. The van der Waals surface area contributed by atoms with E-state index in [-0.39, 0.29) is 17.9 Å². The zero-order chi connectivity index (χ0) is 20.7. The smallest absolute Gasteiger partial charge is 0.225 e. The molecule has 3 aliphatic rings. The summed E-state index contributed by atoms with van der Waals surface area (Å²) in [6, 6.07) is 14.4. The van der Waals surface area contributed by atoms with E-state index in [1.165, 1.54) is 24.1 Å². The van der Waals surface area contributed by atoms with Gasteiger partial charge in [0, 0.05) is 36.9 Å². The second-order valence-electron chi connectivity index (χ2n) is 8.65. The van der Waals surface area contributed by atoms with E-state index in [0.29, 0.717) is 10.9 Å². The van der Waals surface area contributed by atoms with Crippen molar-refractivity contribution in [3.63, 3.8) is 0 Å². The summed E-state index contributed by atoms with van der Waals surface area (Å²) in [5.41, 5.74) is 3.54. The molecular weight excluding hydrogens is 398 g/mol. The van der Waals surface area contributed by atoms with E-state index >= 15 is 0 Å². The first-order valence-corrected chi connectivity index (χ1v) is 11.2. The zero-order valence-electron chi connectivity index (χ0n) is 17.3. The fourth-order valence-corrected chi connectivity index (χ4v) is 5.05. The first kappa shape index (κ1) is 19.6. The first-order valence-electron chi connectivity index (χ1n) is 10.8. The molecule has 5 rings (SSSR count). The van der Waals surface area contributed by atoms with Gasteiger partial charge in [-0.1, -0.05) is 29.8 Å². The summed E-state index contributed by atoms with van der Waals surface area (Å²) in [5.74, 6) is 1.62. The van der Waals surface area contributed by atoms with E-state index in [1.807, 2.05) is 18.2 Å². The molecule has 30 heavy (non-hydrogen) atoms. The fraction of sp³-hybridized carbons (Fsp3) is 0.458. The van der Waals surface area contributed by atoms with Crippen molar-refractivity contribution in [3.05, 3.63) is 53.1 Å². The largest absolute Gasteiger partial charge is 0.495 e. The molecule has 2 unspecified atom stereocenters. The van der Waals surface area contributed by atoms with Crippen LogP contribution in [0.5, 0.6) is 5.75 Å². The summed E-state index contributed by atoms with van der Waals surface area (Å²) in [4.78, 5) is 18.0. The van der Waals surface area contributed by atoms with Crippen LogP contribution in [0.4, 0.5) is 11.4 Å². The molecule has 2 aromatic rings. The number of anilines is 2. The summed E-state index contributed by atoms with van der Waals surface area (Å²) < 4.78 is 5.60. The number of hydrogen-bond acceptors (Lipinski definition) is 4. The topological polar surface area (TPSA) is 44.8 Å². The monoisotopic (exact) mass is 425 g/mol. The predicted octanol–water partition coefficient (Wildman–Crippen LogP) is 3.74. The van der Waals surface area contributed by atoms with Gasteiger partial charge >= 0.3 is 0 Å². The van der Waals surface area contributed by atoms with Crippen LogP contribution < -0.4 is 19.9 Å². The second kappa shape index (κ2) is 8.03.